The molecule has 1 fully saturated rings. The predicted octanol–water partition coefficient (Wildman–Crippen LogP) is 4.07. The van der Waals surface area contributed by atoms with Crippen molar-refractivity contribution in [2.75, 3.05) is 19.8 Å². The monoisotopic (exact) mass is 377 g/mol. The summed E-state index contributed by atoms with van der Waals surface area (Å²) >= 11 is 5.85. The Morgan fingerprint density at radius 2 is 1.92 bits per heavy atom. The van der Waals surface area contributed by atoms with E-state index in [0.717, 1.165) is 25.0 Å². The van der Waals surface area contributed by atoms with Gasteiger partial charge in [0.1, 0.15) is 11.6 Å². The number of carbonyl (C=O) groups is 1. The maximum absolute atomic E-state index is 13.1. The lowest BCUT2D eigenvalue weighted by Gasteiger charge is -2.25. The van der Waals surface area contributed by atoms with Crippen LogP contribution in [0, 0.1) is 5.82 Å². The maximum atomic E-state index is 13.1. The van der Waals surface area contributed by atoms with Crippen LogP contribution < -0.4 is 4.74 Å². The van der Waals surface area contributed by atoms with Gasteiger partial charge >= 0.3 is 0 Å². The number of carbonyl (C=O) groups excluding carboxylic acids is 1. The average Bonchev–Trinajstić information content (AvgIpc) is 3.15. The van der Waals surface area contributed by atoms with Gasteiger partial charge < -0.3 is 14.4 Å². The fraction of sp³-hybridized carbons (Fsp3) is 0.350. The van der Waals surface area contributed by atoms with Crippen LogP contribution in [0.3, 0.4) is 0 Å². The summed E-state index contributed by atoms with van der Waals surface area (Å²) in [6.07, 6.45) is 1.98. The zero-order valence-electron chi connectivity index (χ0n) is 14.4. The minimum absolute atomic E-state index is 0.0370. The maximum Gasteiger partial charge on any atom is 0.260 e. The number of hydrogen-bond donors (Lipinski definition) is 0. The van der Waals surface area contributed by atoms with Crippen LogP contribution in [-0.4, -0.2) is 36.7 Å². The van der Waals surface area contributed by atoms with Crippen molar-refractivity contribution in [3.8, 4) is 5.75 Å². The van der Waals surface area contributed by atoms with Gasteiger partial charge in [0.2, 0.25) is 0 Å². The zero-order valence-corrected chi connectivity index (χ0v) is 15.1. The Kier molecular flexibility index (Phi) is 6.47. The van der Waals surface area contributed by atoms with E-state index in [2.05, 4.69) is 0 Å². The van der Waals surface area contributed by atoms with Gasteiger partial charge in [0.25, 0.3) is 5.91 Å². The first-order valence-electron chi connectivity index (χ1n) is 8.62. The highest BCUT2D eigenvalue weighted by atomic mass is 35.5. The molecule has 1 heterocycles. The summed E-state index contributed by atoms with van der Waals surface area (Å²) in [7, 11) is 0. The molecule has 1 atom stereocenters. The Bertz CT molecular complexity index is 715. The first-order valence-corrected chi connectivity index (χ1v) is 9.00. The lowest BCUT2D eigenvalue weighted by Crippen LogP contribution is -2.39. The fourth-order valence-corrected chi connectivity index (χ4v) is 2.99. The quantitative estimate of drug-likeness (QED) is 0.730. The summed E-state index contributed by atoms with van der Waals surface area (Å²) in [5, 5.41) is 0.611. The molecule has 2 aromatic carbocycles. The van der Waals surface area contributed by atoms with Gasteiger partial charge in [-0.05, 0) is 54.8 Å². The number of benzene rings is 2. The average molecular weight is 378 g/mol. The number of rotatable bonds is 7. The molecule has 26 heavy (non-hydrogen) atoms. The molecule has 1 aliphatic rings. The normalized spacial score (nSPS) is 16.5. The van der Waals surface area contributed by atoms with Gasteiger partial charge in [0.05, 0.1) is 6.10 Å². The van der Waals surface area contributed by atoms with E-state index in [9.17, 15) is 9.18 Å². The largest absolute Gasteiger partial charge is 0.484 e. The molecule has 6 heteroatoms. The number of nitrogens with zero attached hydrogens (tertiary/aromatic N) is 1. The molecule has 0 aromatic heterocycles. The molecule has 0 spiro atoms. The molecule has 0 aliphatic carbocycles. The van der Waals surface area contributed by atoms with Crippen molar-refractivity contribution >= 4 is 17.5 Å². The van der Waals surface area contributed by atoms with E-state index in [1.54, 1.807) is 41.3 Å². The number of amides is 1. The van der Waals surface area contributed by atoms with Crippen molar-refractivity contribution in [3.05, 3.63) is 64.9 Å². The lowest BCUT2D eigenvalue weighted by molar-refractivity contribution is -0.135. The molecule has 1 unspecified atom stereocenters. The number of ether oxygens (including phenoxy) is 2. The van der Waals surface area contributed by atoms with Crippen LogP contribution in [0.4, 0.5) is 4.39 Å². The predicted molar refractivity (Wildman–Crippen MR) is 97.7 cm³/mol. The Hall–Kier alpha value is -2.11. The number of halogens is 2. The molecule has 138 valence electrons. The van der Waals surface area contributed by atoms with Crippen LogP contribution >= 0.6 is 11.6 Å². The Morgan fingerprint density at radius 3 is 2.58 bits per heavy atom. The molecule has 0 saturated carbocycles. The molecular formula is C20H21ClFNO3. The third kappa shape index (κ3) is 5.44. The molecule has 0 radical (unpaired) electrons. The second kappa shape index (κ2) is 9.01. The molecular weight excluding hydrogens is 357 g/mol. The van der Waals surface area contributed by atoms with Crippen molar-refractivity contribution < 1.29 is 18.7 Å². The van der Waals surface area contributed by atoms with Gasteiger partial charge in [0, 0.05) is 24.7 Å². The van der Waals surface area contributed by atoms with E-state index in [1.807, 2.05) is 0 Å². The first-order chi connectivity index (χ1) is 12.6. The molecule has 1 saturated heterocycles. The summed E-state index contributed by atoms with van der Waals surface area (Å²) in [6.45, 7) is 1.54. The molecule has 4 nitrogen and oxygen atoms in total. The Labute approximate surface area is 157 Å². The Balaban J connectivity index is 1.63. The highest BCUT2D eigenvalue weighted by Gasteiger charge is 2.23. The molecule has 2 aromatic rings. The molecule has 3 rings (SSSR count). The summed E-state index contributed by atoms with van der Waals surface area (Å²) in [5.41, 5.74) is 0.865. The van der Waals surface area contributed by atoms with E-state index in [1.165, 1.54) is 12.1 Å². The van der Waals surface area contributed by atoms with E-state index in [4.69, 9.17) is 21.1 Å². The minimum Gasteiger partial charge on any atom is -0.484 e. The van der Waals surface area contributed by atoms with Crippen LogP contribution in [0.25, 0.3) is 0 Å². The smallest absolute Gasteiger partial charge is 0.260 e. The standard InChI is InChI=1S/C20H21ClFNO3/c21-16-5-9-18(10-6-16)26-14-20(24)23(13-19-2-1-11-25-19)12-15-3-7-17(22)8-4-15/h3-10,19H,1-2,11-14H2. The Morgan fingerprint density at radius 1 is 1.19 bits per heavy atom. The topological polar surface area (TPSA) is 38.8 Å². The van der Waals surface area contributed by atoms with Crippen LogP contribution in [0.5, 0.6) is 5.75 Å². The summed E-state index contributed by atoms with van der Waals surface area (Å²) in [6, 6.07) is 13.0. The highest BCUT2D eigenvalue weighted by Crippen LogP contribution is 2.18. The van der Waals surface area contributed by atoms with E-state index < -0.39 is 0 Å². The SMILES string of the molecule is O=C(COc1ccc(Cl)cc1)N(Cc1ccc(F)cc1)CC1CCCO1. The summed E-state index contributed by atoms with van der Waals surface area (Å²) < 4.78 is 24.3. The first kappa shape index (κ1) is 18.7. The molecule has 1 aliphatic heterocycles. The third-order valence-electron chi connectivity index (χ3n) is 4.26. The lowest BCUT2D eigenvalue weighted by atomic mass is 10.1. The summed E-state index contributed by atoms with van der Waals surface area (Å²) in [4.78, 5) is 14.4. The molecule has 0 N–H and O–H groups in total. The van der Waals surface area contributed by atoms with Gasteiger partial charge in [-0.25, -0.2) is 4.39 Å². The molecule has 0 bridgehead atoms. The van der Waals surface area contributed by atoms with Gasteiger partial charge in [-0.2, -0.15) is 0 Å². The third-order valence-corrected chi connectivity index (χ3v) is 4.52. The van der Waals surface area contributed by atoms with Crippen LogP contribution in [0.1, 0.15) is 18.4 Å². The second-order valence-electron chi connectivity index (χ2n) is 6.28. The zero-order chi connectivity index (χ0) is 18.4. The summed E-state index contributed by atoms with van der Waals surface area (Å²) in [5.74, 6) is 0.151. The second-order valence-corrected chi connectivity index (χ2v) is 6.71. The van der Waals surface area contributed by atoms with Crippen LogP contribution in [-0.2, 0) is 16.1 Å². The van der Waals surface area contributed by atoms with E-state index in [-0.39, 0.29) is 24.4 Å². The highest BCUT2D eigenvalue weighted by molar-refractivity contribution is 6.30. The minimum atomic E-state index is -0.295. The van der Waals surface area contributed by atoms with Crippen molar-refractivity contribution in [3.63, 3.8) is 0 Å². The van der Waals surface area contributed by atoms with Crippen LogP contribution in [0.15, 0.2) is 48.5 Å². The van der Waals surface area contributed by atoms with Crippen LogP contribution in [0.2, 0.25) is 5.02 Å². The van der Waals surface area contributed by atoms with Crippen molar-refractivity contribution in [2.24, 2.45) is 0 Å². The van der Waals surface area contributed by atoms with Gasteiger partial charge in [0.15, 0.2) is 6.61 Å². The van der Waals surface area contributed by atoms with E-state index >= 15 is 0 Å². The molecule has 1 amide bonds. The fourth-order valence-electron chi connectivity index (χ4n) is 2.87. The number of hydrogen-bond acceptors (Lipinski definition) is 3. The van der Waals surface area contributed by atoms with Crippen molar-refractivity contribution in [1.82, 2.24) is 4.90 Å². The van der Waals surface area contributed by atoms with E-state index in [0.29, 0.717) is 23.9 Å². The van der Waals surface area contributed by atoms with Gasteiger partial charge in [-0.1, -0.05) is 23.7 Å². The van der Waals surface area contributed by atoms with Gasteiger partial charge in [-0.15, -0.1) is 0 Å². The van der Waals surface area contributed by atoms with Gasteiger partial charge in [-0.3, -0.25) is 4.79 Å². The van der Waals surface area contributed by atoms with Crippen molar-refractivity contribution in [2.45, 2.75) is 25.5 Å². The van der Waals surface area contributed by atoms with Crippen molar-refractivity contribution in [1.29, 1.82) is 0 Å².